The van der Waals surface area contributed by atoms with Crippen LogP contribution in [-0.4, -0.2) is 49.1 Å². The summed E-state index contributed by atoms with van der Waals surface area (Å²) in [4.78, 5) is 28.0. The van der Waals surface area contributed by atoms with Gasteiger partial charge < -0.3 is 15.1 Å². The van der Waals surface area contributed by atoms with Crippen molar-refractivity contribution < 1.29 is 22.8 Å². The number of carbonyl (C=O) groups excluding carboxylic acids is 2. The number of carbonyl (C=O) groups is 2. The molecule has 0 radical (unpaired) electrons. The van der Waals surface area contributed by atoms with E-state index in [-0.39, 0.29) is 18.1 Å². The number of nitrogens with one attached hydrogen (secondary N) is 1. The predicted molar refractivity (Wildman–Crippen MR) is 164 cm³/mol. The zero-order valence-corrected chi connectivity index (χ0v) is 25.3. The van der Waals surface area contributed by atoms with Gasteiger partial charge in [0.2, 0.25) is 5.91 Å². The second-order valence-corrected chi connectivity index (χ2v) is 10.8. The lowest BCUT2D eigenvalue weighted by Gasteiger charge is -2.28. The summed E-state index contributed by atoms with van der Waals surface area (Å²) < 4.78 is 40.7. The maximum Gasteiger partial charge on any atom is 0.471 e. The summed E-state index contributed by atoms with van der Waals surface area (Å²) in [5.74, 6) is -2.00. The highest BCUT2D eigenvalue weighted by Crippen LogP contribution is 2.34. The third-order valence-electron chi connectivity index (χ3n) is 7.75. The van der Waals surface area contributed by atoms with Crippen molar-refractivity contribution in [1.29, 1.82) is 0 Å². The van der Waals surface area contributed by atoms with Crippen LogP contribution in [0.25, 0.3) is 10.8 Å². The number of rotatable bonds is 20. The number of fused-ring (bicyclic) bond motifs is 1. The summed E-state index contributed by atoms with van der Waals surface area (Å²) in [7, 11) is 0. The lowest BCUT2D eigenvalue weighted by Crippen LogP contribution is -2.45. The van der Waals surface area contributed by atoms with Crippen LogP contribution in [-0.2, 0) is 9.59 Å². The number of amides is 2. The third kappa shape index (κ3) is 12.0. The van der Waals surface area contributed by atoms with Gasteiger partial charge in [-0.05, 0) is 31.6 Å². The minimum Gasteiger partial charge on any atom is -0.326 e. The summed E-state index contributed by atoms with van der Waals surface area (Å²) in [5.41, 5.74) is 0.727. The lowest BCUT2D eigenvalue weighted by atomic mass is 10.0. The van der Waals surface area contributed by atoms with E-state index in [0.717, 1.165) is 24.2 Å². The first-order valence-corrected chi connectivity index (χ1v) is 15.7. The molecule has 0 bridgehead atoms. The van der Waals surface area contributed by atoms with Crippen LogP contribution >= 0.6 is 0 Å². The molecule has 8 heteroatoms. The monoisotopic (exact) mass is 577 g/mol. The Kier molecular flexibility index (Phi) is 15.8. The average Bonchev–Trinajstić information content (AvgIpc) is 2.96. The number of benzene rings is 2. The van der Waals surface area contributed by atoms with Crippen molar-refractivity contribution in [2.75, 3.05) is 36.4 Å². The van der Waals surface area contributed by atoms with E-state index < -0.39 is 12.1 Å². The van der Waals surface area contributed by atoms with Crippen LogP contribution in [0.4, 0.5) is 24.5 Å². The Bertz CT molecular complexity index is 1050. The molecule has 0 heterocycles. The molecule has 2 aromatic carbocycles. The Morgan fingerprint density at radius 2 is 1.24 bits per heavy atom. The van der Waals surface area contributed by atoms with Gasteiger partial charge in [-0.2, -0.15) is 13.2 Å². The van der Waals surface area contributed by atoms with E-state index in [1.807, 2.05) is 18.7 Å². The number of hydrogen-bond acceptors (Lipinski definition) is 3. The molecule has 0 saturated heterocycles. The van der Waals surface area contributed by atoms with Gasteiger partial charge >= 0.3 is 12.1 Å². The number of alkyl halides is 3. The SMILES string of the molecule is CCCCCCCCCCCCCCC(=O)Nc1ccc(N(CCN(CC)CC)C(=O)C(F)(F)F)c2ccccc12. The number of hydrogen-bond donors (Lipinski definition) is 1. The molecular weight excluding hydrogens is 527 g/mol. The number of nitrogens with zero attached hydrogens (tertiary/aromatic N) is 2. The molecule has 0 unspecified atom stereocenters. The van der Waals surface area contributed by atoms with Gasteiger partial charge in [-0.15, -0.1) is 0 Å². The van der Waals surface area contributed by atoms with E-state index in [4.69, 9.17) is 0 Å². The minimum absolute atomic E-state index is 0.0886. The van der Waals surface area contributed by atoms with Crippen LogP contribution < -0.4 is 10.2 Å². The second kappa shape index (κ2) is 18.7. The van der Waals surface area contributed by atoms with Gasteiger partial charge in [0, 0.05) is 36.0 Å². The Morgan fingerprint density at radius 1 is 0.707 bits per heavy atom. The first-order chi connectivity index (χ1) is 19.7. The Hall–Kier alpha value is -2.61. The molecule has 2 amide bonds. The zero-order chi connectivity index (χ0) is 30.1. The summed E-state index contributed by atoms with van der Waals surface area (Å²) >= 11 is 0. The molecular formula is C33H50F3N3O2. The van der Waals surface area contributed by atoms with Crippen LogP contribution in [0, 0.1) is 0 Å². The molecule has 0 aliphatic carbocycles. The van der Waals surface area contributed by atoms with Crippen LogP contribution in [0.15, 0.2) is 36.4 Å². The van der Waals surface area contributed by atoms with Crippen molar-refractivity contribution in [3.63, 3.8) is 0 Å². The maximum atomic E-state index is 13.6. The van der Waals surface area contributed by atoms with E-state index >= 15 is 0 Å². The van der Waals surface area contributed by atoms with Crippen LogP contribution in [0.1, 0.15) is 104 Å². The zero-order valence-electron chi connectivity index (χ0n) is 25.3. The van der Waals surface area contributed by atoms with E-state index in [2.05, 4.69) is 12.2 Å². The standard InChI is InChI=1S/C33H50F3N3O2/c1-4-7-8-9-10-11-12-13-14-15-16-17-22-31(40)37-29-23-24-30(28-21-19-18-20-27(28)29)39(32(41)33(34,35)36)26-25-38(5-2)6-3/h18-21,23-24H,4-17,22,25-26H2,1-3H3,(H,37,40). The number of unbranched alkanes of at least 4 members (excludes halogenated alkanes) is 11. The van der Waals surface area contributed by atoms with Crippen molar-refractivity contribution in [3.8, 4) is 0 Å². The molecule has 0 spiro atoms. The summed E-state index contributed by atoms with van der Waals surface area (Å²) in [5, 5.41) is 4.05. The van der Waals surface area contributed by atoms with Crippen molar-refractivity contribution in [2.45, 2.75) is 110 Å². The average molecular weight is 578 g/mol. The molecule has 5 nitrogen and oxygen atoms in total. The van der Waals surface area contributed by atoms with Crippen LogP contribution in [0.2, 0.25) is 0 Å². The quantitative estimate of drug-likeness (QED) is 0.160. The van der Waals surface area contributed by atoms with E-state index in [1.165, 1.54) is 63.9 Å². The molecule has 0 saturated carbocycles. The Morgan fingerprint density at radius 3 is 1.78 bits per heavy atom. The summed E-state index contributed by atoms with van der Waals surface area (Å²) in [6.45, 7) is 7.69. The van der Waals surface area contributed by atoms with E-state index in [0.29, 0.717) is 42.5 Å². The van der Waals surface area contributed by atoms with Gasteiger partial charge in [-0.3, -0.25) is 9.59 Å². The molecule has 0 aliphatic heterocycles. The molecule has 0 aliphatic rings. The molecule has 0 atom stereocenters. The van der Waals surface area contributed by atoms with Crippen LogP contribution in [0.5, 0.6) is 0 Å². The molecule has 2 rings (SSSR count). The van der Waals surface area contributed by atoms with Crippen molar-refractivity contribution in [3.05, 3.63) is 36.4 Å². The predicted octanol–water partition coefficient (Wildman–Crippen LogP) is 9.11. The third-order valence-corrected chi connectivity index (χ3v) is 7.75. The smallest absolute Gasteiger partial charge is 0.326 e. The first kappa shape index (κ1) is 34.6. The van der Waals surface area contributed by atoms with Gasteiger partial charge in [-0.25, -0.2) is 0 Å². The highest BCUT2D eigenvalue weighted by molar-refractivity contribution is 6.11. The molecule has 0 fully saturated rings. The fourth-order valence-corrected chi connectivity index (χ4v) is 5.23. The molecule has 2 aromatic rings. The van der Waals surface area contributed by atoms with Crippen molar-refractivity contribution in [1.82, 2.24) is 4.90 Å². The first-order valence-electron chi connectivity index (χ1n) is 15.7. The van der Waals surface area contributed by atoms with Gasteiger partial charge in [0.1, 0.15) is 0 Å². The molecule has 1 N–H and O–H groups in total. The van der Waals surface area contributed by atoms with Gasteiger partial charge in [0.25, 0.3) is 0 Å². The largest absolute Gasteiger partial charge is 0.471 e. The highest BCUT2D eigenvalue weighted by Gasteiger charge is 2.43. The minimum atomic E-state index is -4.99. The molecule has 230 valence electrons. The maximum absolute atomic E-state index is 13.6. The Balaban J connectivity index is 1.95. The lowest BCUT2D eigenvalue weighted by molar-refractivity contribution is -0.170. The van der Waals surface area contributed by atoms with E-state index in [1.54, 1.807) is 30.3 Å². The summed E-state index contributed by atoms with van der Waals surface area (Å²) in [6, 6.07) is 10.1. The Labute approximate surface area is 244 Å². The van der Waals surface area contributed by atoms with Crippen molar-refractivity contribution >= 4 is 34.0 Å². The van der Waals surface area contributed by atoms with Crippen LogP contribution in [0.3, 0.4) is 0 Å². The van der Waals surface area contributed by atoms with E-state index in [9.17, 15) is 22.8 Å². The van der Waals surface area contributed by atoms with Gasteiger partial charge in [0.15, 0.2) is 0 Å². The number of likely N-dealkylation sites (N-methyl/N-ethyl adjacent to an activating group) is 1. The topological polar surface area (TPSA) is 52.7 Å². The van der Waals surface area contributed by atoms with Gasteiger partial charge in [-0.1, -0.05) is 116 Å². The fourth-order valence-electron chi connectivity index (χ4n) is 5.23. The molecule has 41 heavy (non-hydrogen) atoms. The highest BCUT2D eigenvalue weighted by atomic mass is 19.4. The summed E-state index contributed by atoms with van der Waals surface area (Å²) in [6.07, 6.45) is 10.1. The second-order valence-electron chi connectivity index (χ2n) is 10.8. The number of halogens is 3. The number of anilines is 2. The normalized spacial score (nSPS) is 11.8. The molecule has 0 aromatic heterocycles. The van der Waals surface area contributed by atoms with Crippen molar-refractivity contribution in [2.24, 2.45) is 0 Å². The fraction of sp³-hybridized carbons (Fsp3) is 0.636. The van der Waals surface area contributed by atoms with Gasteiger partial charge in [0.05, 0.1) is 5.69 Å².